The predicted molar refractivity (Wildman–Crippen MR) is 119 cm³/mol. The first-order valence-corrected chi connectivity index (χ1v) is 11.1. The summed E-state index contributed by atoms with van der Waals surface area (Å²) in [6, 6.07) is 26.0. The van der Waals surface area contributed by atoms with Gasteiger partial charge >= 0.3 is 180 Å². The van der Waals surface area contributed by atoms with Gasteiger partial charge in [0.1, 0.15) is 0 Å². The summed E-state index contributed by atoms with van der Waals surface area (Å²) in [5.74, 6) is 0. The number of nitrogens with zero attached hydrogens (tertiary/aromatic N) is 1. The Bertz CT molecular complexity index is 995. The van der Waals surface area contributed by atoms with Crippen LogP contribution in [0.25, 0.3) is 5.57 Å². The molecule has 0 aliphatic rings. The second-order valence-corrected chi connectivity index (χ2v) is 7.92. The normalized spacial score (nSPS) is 11.6. The van der Waals surface area contributed by atoms with Gasteiger partial charge in [-0.25, -0.2) is 0 Å². The Hall–Kier alpha value is -2.50. The van der Waals surface area contributed by atoms with Gasteiger partial charge in [-0.1, -0.05) is 0 Å². The molecule has 2 heteroatoms. The van der Waals surface area contributed by atoms with Gasteiger partial charge in [0, 0.05) is 0 Å². The van der Waals surface area contributed by atoms with Crippen molar-refractivity contribution < 1.29 is 19.4 Å². The SMILES string of the molecule is Cc1ccc(C(C=C[CH]=[W])=CN(c2ccc(C)cc2)c2ccccc2C)cc1. The van der Waals surface area contributed by atoms with E-state index < -0.39 is 0 Å². The molecule has 3 aromatic rings. The van der Waals surface area contributed by atoms with Crippen molar-refractivity contribution in [3.05, 3.63) is 113 Å². The second-order valence-electron chi connectivity index (χ2n) is 6.94. The van der Waals surface area contributed by atoms with E-state index >= 15 is 0 Å². The predicted octanol–water partition coefficient (Wildman–Crippen LogP) is 6.70. The van der Waals surface area contributed by atoms with Gasteiger partial charge < -0.3 is 0 Å². The van der Waals surface area contributed by atoms with Crippen molar-refractivity contribution in [1.82, 2.24) is 0 Å². The van der Waals surface area contributed by atoms with Gasteiger partial charge in [-0.2, -0.15) is 0 Å². The molecule has 0 aliphatic carbocycles. The average molecular weight is 535 g/mol. The zero-order chi connectivity index (χ0) is 19.9. The topological polar surface area (TPSA) is 3.24 Å². The van der Waals surface area contributed by atoms with Crippen LogP contribution in [-0.4, -0.2) is 4.40 Å². The molecule has 0 atom stereocenters. The Morgan fingerprint density at radius 3 is 2.00 bits per heavy atom. The van der Waals surface area contributed by atoms with E-state index in [0.29, 0.717) is 0 Å². The monoisotopic (exact) mass is 535 g/mol. The fourth-order valence-electron chi connectivity index (χ4n) is 3.06. The molecule has 0 amide bonds. The van der Waals surface area contributed by atoms with E-state index in [1.165, 1.54) is 52.9 Å². The van der Waals surface area contributed by atoms with Crippen LogP contribution in [-0.2, 0) is 19.4 Å². The summed E-state index contributed by atoms with van der Waals surface area (Å²) in [6.45, 7) is 6.41. The molecule has 0 saturated carbocycles. The minimum absolute atomic E-state index is 1.16. The molecule has 1 nitrogen and oxygen atoms in total. The van der Waals surface area contributed by atoms with Crippen LogP contribution in [0.4, 0.5) is 11.4 Å². The van der Waals surface area contributed by atoms with Crippen molar-refractivity contribution in [2.75, 3.05) is 4.90 Å². The Balaban J connectivity index is 2.17. The zero-order valence-corrected chi connectivity index (χ0v) is 19.5. The van der Waals surface area contributed by atoms with Gasteiger partial charge in [-0.15, -0.1) is 0 Å². The Morgan fingerprint density at radius 1 is 0.786 bits per heavy atom. The summed E-state index contributed by atoms with van der Waals surface area (Å²) < 4.78 is 2.14. The number of hydrogen-bond donors (Lipinski definition) is 0. The molecule has 0 fully saturated rings. The Morgan fingerprint density at radius 2 is 1.39 bits per heavy atom. The molecule has 0 unspecified atom stereocenters. The maximum absolute atomic E-state index is 2.29. The van der Waals surface area contributed by atoms with Crippen LogP contribution in [0, 0.1) is 20.8 Å². The fourth-order valence-corrected chi connectivity index (χ4v) is 3.35. The Kier molecular flexibility index (Phi) is 6.95. The summed E-state index contributed by atoms with van der Waals surface area (Å²) in [4.78, 5) is 2.29. The molecule has 0 bridgehead atoms. The third kappa shape index (κ3) is 5.06. The molecule has 0 spiro atoms. The number of anilines is 2. The van der Waals surface area contributed by atoms with E-state index in [0.717, 1.165) is 5.69 Å². The van der Waals surface area contributed by atoms with E-state index in [2.05, 4.69) is 121 Å². The molecule has 28 heavy (non-hydrogen) atoms. The number of rotatable bonds is 6. The molecular formula is C26H25NW. The maximum atomic E-state index is 2.29. The molecule has 3 rings (SSSR count). The number of benzene rings is 3. The summed E-state index contributed by atoms with van der Waals surface area (Å²) in [7, 11) is 0. The first-order valence-electron chi connectivity index (χ1n) is 9.41. The van der Waals surface area contributed by atoms with Crippen LogP contribution in [0.5, 0.6) is 0 Å². The van der Waals surface area contributed by atoms with Gasteiger partial charge in [0.2, 0.25) is 0 Å². The van der Waals surface area contributed by atoms with Gasteiger partial charge in [0.25, 0.3) is 0 Å². The van der Waals surface area contributed by atoms with Crippen LogP contribution in [0.15, 0.2) is 91.1 Å². The van der Waals surface area contributed by atoms with Crippen molar-refractivity contribution in [1.29, 1.82) is 0 Å². The standard InChI is InChI=1S/C26H25N.W/c1-5-8-24(23-15-11-20(2)12-16-23)19-27(25-17-13-21(3)14-18-25)26-10-7-6-9-22(26)4;/h1,5-19H,2-4H3;. The molecule has 0 N–H and O–H groups in total. The quantitative estimate of drug-likeness (QED) is 0.318. The molecule has 3 aromatic carbocycles. The molecular weight excluding hydrogens is 510 g/mol. The van der Waals surface area contributed by atoms with E-state index in [1.807, 2.05) is 0 Å². The van der Waals surface area contributed by atoms with Crippen molar-refractivity contribution in [3.63, 3.8) is 0 Å². The van der Waals surface area contributed by atoms with Crippen molar-refractivity contribution in [2.24, 2.45) is 0 Å². The number of aryl methyl sites for hydroxylation is 3. The van der Waals surface area contributed by atoms with Crippen molar-refractivity contribution in [2.45, 2.75) is 20.8 Å². The molecule has 140 valence electrons. The third-order valence-corrected chi connectivity index (χ3v) is 5.26. The third-order valence-electron chi connectivity index (χ3n) is 4.69. The molecule has 0 saturated heterocycles. The van der Waals surface area contributed by atoms with Crippen LogP contribution in [0.3, 0.4) is 0 Å². The number of hydrogen-bond acceptors (Lipinski definition) is 1. The summed E-state index contributed by atoms with van der Waals surface area (Å²) >= 11 is 1.45. The molecule has 0 radical (unpaired) electrons. The second kappa shape index (κ2) is 9.62. The van der Waals surface area contributed by atoms with Gasteiger partial charge in [-0.05, 0) is 0 Å². The van der Waals surface area contributed by atoms with Crippen LogP contribution < -0.4 is 4.90 Å². The van der Waals surface area contributed by atoms with Crippen LogP contribution in [0.2, 0.25) is 0 Å². The minimum atomic E-state index is 1.16. The van der Waals surface area contributed by atoms with Gasteiger partial charge in [0.05, 0.1) is 0 Å². The summed E-state index contributed by atoms with van der Waals surface area (Å²) in [5.41, 5.74) is 8.52. The zero-order valence-electron chi connectivity index (χ0n) is 16.6. The van der Waals surface area contributed by atoms with Crippen molar-refractivity contribution in [3.8, 4) is 0 Å². The average Bonchev–Trinajstić information content (AvgIpc) is 2.71. The van der Waals surface area contributed by atoms with Crippen LogP contribution in [0.1, 0.15) is 22.3 Å². The molecule has 0 aromatic heterocycles. The van der Waals surface area contributed by atoms with Gasteiger partial charge in [0.15, 0.2) is 0 Å². The Labute approximate surface area is 179 Å². The van der Waals surface area contributed by atoms with E-state index in [9.17, 15) is 0 Å². The van der Waals surface area contributed by atoms with Gasteiger partial charge in [-0.3, -0.25) is 0 Å². The number of allylic oxidation sites excluding steroid dienone is 3. The fraction of sp³-hybridized carbons (Fsp3) is 0.115. The molecule has 0 aliphatic heterocycles. The first-order chi connectivity index (χ1) is 13.6. The molecule has 0 heterocycles. The van der Waals surface area contributed by atoms with Crippen LogP contribution >= 0.6 is 0 Å². The first kappa shape index (κ1) is 20.2. The summed E-state index contributed by atoms with van der Waals surface area (Å²) in [5, 5.41) is 0. The van der Waals surface area contributed by atoms with Crippen molar-refractivity contribution >= 4 is 21.3 Å². The van der Waals surface area contributed by atoms with E-state index in [4.69, 9.17) is 0 Å². The van der Waals surface area contributed by atoms with E-state index in [1.54, 1.807) is 0 Å². The number of para-hydroxylation sites is 1. The van der Waals surface area contributed by atoms with E-state index in [-0.39, 0.29) is 0 Å². The summed E-state index contributed by atoms with van der Waals surface area (Å²) in [6.07, 6.45) is 6.57.